The second-order valence-electron chi connectivity index (χ2n) is 5.69. The third-order valence-electron chi connectivity index (χ3n) is 3.99. The smallest absolute Gasteiger partial charge is 0.293 e. The summed E-state index contributed by atoms with van der Waals surface area (Å²) < 4.78 is 1.67. The number of H-pyrrole nitrogens is 1. The lowest BCUT2D eigenvalue weighted by Crippen LogP contribution is -2.16. The third-order valence-corrected chi connectivity index (χ3v) is 4.94. The van der Waals surface area contributed by atoms with Crippen LogP contribution in [0.4, 0.5) is 0 Å². The highest BCUT2D eigenvalue weighted by atomic mass is 32.2. The summed E-state index contributed by atoms with van der Waals surface area (Å²) in [6.45, 7) is 0. The van der Waals surface area contributed by atoms with E-state index < -0.39 is 0 Å². The molecule has 0 atom stereocenters. The summed E-state index contributed by atoms with van der Waals surface area (Å²) in [4.78, 5) is 24.1. The van der Waals surface area contributed by atoms with Crippen LogP contribution in [0.1, 0.15) is 29.2 Å². The average molecular weight is 325 g/mol. The topological polar surface area (TPSA) is 67.8 Å². The van der Waals surface area contributed by atoms with Crippen molar-refractivity contribution < 1.29 is 4.79 Å². The van der Waals surface area contributed by atoms with Crippen molar-refractivity contribution in [1.82, 2.24) is 14.8 Å². The summed E-state index contributed by atoms with van der Waals surface area (Å²) >= 11 is 1.32. The van der Waals surface area contributed by atoms with E-state index in [-0.39, 0.29) is 23.3 Å². The number of aromatic amines is 1. The van der Waals surface area contributed by atoms with Crippen LogP contribution in [0.25, 0.3) is 10.8 Å². The summed E-state index contributed by atoms with van der Waals surface area (Å²) in [7, 11) is 0. The van der Waals surface area contributed by atoms with Crippen LogP contribution >= 0.6 is 11.8 Å². The minimum absolute atomic E-state index is 0.0403. The van der Waals surface area contributed by atoms with Gasteiger partial charge in [-0.3, -0.25) is 9.36 Å². The van der Waals surface area contributed by atoms with Gasteiger partial charge in [0.1, 0.15) is 0 Å². The summed E-state index contributed by atoms with van der Waals surface area (Å²) in [5.41, 5.74) is 0.500. The van der Waals surface area contributed by atoms with Gasteiger partial charge in [-0.1, -0.05) is 48.2 Å². The first-order valence-corrected chi connectivity index (χ1v) is 8.52. The Morgan fingerprint density at radius 2 is 2.00 bits per heavy atom. The van der Waals surface area contributed by atoms with Crippen LogP contribution < -0.4 is 5.69 Å². The Labute approximate surface area is 136 Å². The van der Waals surface area contributed by atoms with Crippen LogP contribution in [0.2, 0.25) is 0 Å². The number of carbonyl (C=O) groups excluding carboxylic acids is 1. The highest BCUT2D eigenvalue weighted by Gasteiger charge is 2.28. The van der Waals surface area contributed by atoms with E-state index in [1.165, 1.54) is 11.8 Å². The second-order valence-corrected chi connectivity index (χ2v) is 6.63. The molecule has 1 aliphatic carbocycles. The molecule has 3 aromatic rings. The van der Waals surface area contributed by atoms with E-state index in [9.17, 15) is 9.59 Å². The van der Waals surface area contributed by atoms with Gasteiger partial charge < -0.3 is 0 Å². The molecule has 116 valence electrons. The number of carbonyl (C=O) groups is 1. The molecule has 0 radical (unpaired) electrons. The van der Waals surface area contributed by atoms with Crippen LogP contribution in [-0.2, 0) is 0 Å². The van der Waals surface area contributed by atoms with Crippen molar-refractivity contribution in [2.24, 2.45) is 0 Å². The molecule has 5 nitrogen and oxygen atoms in total. The molecule has 1 heterocycles. The maximum absolute atomic E-state index is 12.4. The maximum atomic E-state index is 12.4. The van der Waals surface area contributed by atoms with Crippen molar-refractivity contribution in [3.05, 3.63) is 58.5 Å². The molecule has 1 aromatic heterocycles. The molecular weight excluding hydrogens is 310 g/mol. The van der Waals surface area contributed by atoms with Gasteiger partial charge in [-0.15, -0.1) is 5.10 Å². The molecule has 0 bridgehead atoms. The second kappa shape index (κ2) is 5.70. The van der Waals surface area contributed by atoms with Gasteiger partial charge in [0, 0.05) is 11.6 Å². The molecule has 0 amide bonds. The highest BCUT2D eigenvalue weighted by molar-refractivity contribution is 7.99. The van der Waals surface area contributed by atoms with Gasteiger partial charge in [-0.2, -0.15) is 0 Å². The lowest BCUT2D eigenvalue weighted by Gasteiger charge is -2.04. The van der Waals surface area contributed by atoms with Crippen molar-refractivity contribution in [3.63, 3.8) is 0 Å². The first kappa shape index (κ1) is 14.3. The zero-order valence-electron chi connectivity index (χ0n) is 12.4. The summed E-state index contributed by atoms with van der Waals surface area (Å²) in [5.74, 6) is 0.313. The molecule has 23 heavy (non-hydrogen) atoms. The Hall–Kier alpha value is -2.34. The van der Waals surface area contributed by atoms with Crippen LogP contribution in [0.3, 0.4) is 0 Å². The summed E-state index contributed by atoms with van der Waals surface area (Å²) in [6, 6.07) is 13.9. The standard InChI is InChI=1S/C17H15N3O2S/c21-15(13-6-5-11-3-1-2-4-12(11)9-13)10-23-17-19-18-16(22)20(17)14-7-8-14/h1-6,9,14H,7-8,10H2,(H,18,22). The molecule has 0 unspecified atom stereocenters. The van der Waals surface area contributed by atoms with E-state index in [4.69, 9.17) is 0 Å². The van der Waals surface area contributed by atoms with Gasteiger partial charge in [0.05, 0.1) is 5.75 Å². The van der Waals surface area contributed by atoms with Crippen LogP contribution in [0, 0.1) is 0 Å². The molecule has 0 saturated heterocycles. The maximum Gasteiger partial charge on any atom is 0.344 e. The van der Waals surface area contributed by atoms with Gasteiger partial charge in [0.2, 0.25) is 0 Å². The number of thioether (sulfide) groups is 1. The Morgan fingerprint density at radius 1 is 1.22 bits per heavy atom. The van der Waals surface area contributed by atoms with Crippen LogP contribution in [0.15, 0.2) is 52.4 Å². The first-order valence-electron chi connectivity index (χ1n) is 7.54. The van der Waals surface area contributed by atoms with Gasteiger partial charge in [0.25, 0.3) is 0 Å². The number of fused-ring (bicyclic) bond motifs is 1. The Balaban J connectivity index is 1.52. The number of nitrogens with zero attached hydrogens (tertiary/aromatic N) is 2. The lowest BCUT2D eigenvalue weighted by molar-refractivity contribution is 0.102. The summed E-state index contributed by atoms with van der Waals surface area (Å²) in [6.07, 6.45) is 2.01. The molecule has 6 heteroatoms. The Kier molecular flexibility index (Phi) is 3.53. The van der Waals surface area contributed by atoms with Crippen molar-refractivity contribution >= 4 is 28.3 Å². The number of nitrogens with one attached hydrogen (secondary N) is 1. The van der Waals surface area contributed by atoms with E-state index in [0.717, 1.165) is 23.6 Å². The molecule has 1 fully saturated rings. The number of benzene rings is 2. The molecule has 0 aliphatic heterocycles. The number of aromatic nitrogens is 3. The van der Waals surface area contributed by atoms with E-state index >= 15 is 0 Å². The normalized spacial score (nSPS) is 14.3. The molecule has 2 aromatic carbocycles. The number of ketones is 1. The average Bonchev–Trinajstić information content (AvgIpc) is 3.35. The number of hydrogen-bond acceptors (Lipinski definition) is 4. The van der Waals surface area contributed by atoms with Gasteiger partial charge >= 0.3 is 5.69 Å². The molecule has 0 spiro atoms. The van der Waals surface area contributed by atoms with Gasteiger partial charge in [-0.05, 0) is 29.7 Å². The van der Waals surface area contributed by atoms with Crippen molar-refractivity contribution in [1.29, 1.82) is 0 Å². The minimum Gasteiger partial charge on any atom is -0.293 e. The molecule has 4 rings (SSSR count). The minimum atomic E-state index is -0.187. The van der Waals surface area contributed by atoms with E-state index in [1.54, 1.807) is 4.57 Å². The zero-order chi connectivity index (χ0) is 15.8. The quantitative estimate of drug-likeness (QED) is 0.578. The summed E-state index contributed by atoms with van der Waals surface area (Å²) in [5, 5.41) is 9.27. The Morgan fingerprint density at radius 3 is 2.78 bits per heavy atom. The number of Topliss-reactive ketones (excluding diaryl/α,β-unsaturated/α-hetero) is 1. The van der Waals surface area contributed by atoms with Gasteiger partial charge in [-0.25, -0.2) is 9.89 Å². The monoisotopic (exact) mass is 325 g/mol. The predicted molar refractivity (Wildman–Crippen MR) is 90.1 cm³/mol. The molecule has 1 saturated carbocycles. The third kappa shape index (κ3) is 2.82. The van der Waals surface area contributed by atoms with E-state index in [2.05, 4.69) is 10.2 Å². The van der Waals surface area contributed by atoms with E-state index in [0.29, 0.717) is 10.7 Å². The fraction of sp³-hybridized carbons (Fsp3) is 0.235. The first-order chi connectivity index (χ1) is 11.2. The number of rotatable bonds is 5. The molecule has 1 N–H and O–H groups in total. The largest absolute Gasteiger partial charge is 0.344 e. The SMILES string of the molecule is O=C(CSc1n[nH]c(=O)n1C1CC1)c1ccc2ccccc2c1. The fourth-order valence-electron chi connectivity index (χ4n) is 2.62. The van der Waals surface area contributed by atoms with Crippen molar-refractivity contribution in [2.75, 3.05) is 5.75 Å². The van der Waals surface area contributed by atoms with Crippen molar-refractivity contribution in [3.8, 4) is 0 Å². The van der Waals surface area contributed by atoms with Crippen LogP contribution in [0.5, 0.6) is 0 Å². The van der Waals surface area contributed by atoms with Crippen molar-refractivity contribution in [2.45, 2.75) is 24.0 Å². The lowest BCUT2D eigenvalue weighted by atomic mass is 10.1. The van der Waals surface area contributed by atoms with Gasteiger partial charge in [0.15, 0.2) is 10.9 Å². The highest BCUT2D eigenvalue weighted by Crippen LogP contribution is 2.36. The Bertz CT molecular complexity index is 940. The fourth-order valence-corrected chi connectivity index (χ4v) is 3.53. The zero-order valence-corrected chi connectivity index (χ0v) is 13.2. The number of hydrogen-bond donors (Lipinski definition) is 1. The predicted octanol–water partition coefficient (Wildman–Crippen LogP) is 3.03. The van der Waals surface area contributed by atoms with Crippen LogP contribution in [-0.4, -0.2) is 26.3 Å². The van der Waals surface area contributed by atoms with E-state index in [1.807, 2.05) is 42.5 Å². The molecule has 1 aliphatic rings. The molecular formula is C17H15N3O2S.